The summed E-state index contributed by atoms with van der Waals surface area (Å²) in [6.07, 6.45) is 1.12. The number of amides is 1. The van der Waals surface area contributed by atoms with Crippen LogP contribution < -0.4 is 4.90 Å². The predicted molar refractivity (Wildman–Crippen MR) is 64.5 cm³/mol. The van der Waals surface area contributed by atoms with E-state index in [4.69, 9.17) is 0 Å². The van der Waals surface area contributed by atoms with Gasteiger partial charge in [-0.3, -0.25) is 4.79 Å². The van der Waals surface area contributed by atoms with Gasteiger partial charge in [0.25, 0.3) is 0 Å². The maximum Gasteiger partial charge on any atom is 0.230 e. The van der Waals surface area contributed by atoms with Crippen molar-refractivity contribution in [1.29, 1.82) is 0 Å². The lowest BCUT2D eigenvalue weighted by molar-refractivity contribution is -0.118. The molecule has 0 spiro atoms. The van der Waals surface area contributed by atoms with Gasteiger partial charge in [0.2, 0.25) is 5.91 Å². The molecular weight excluding hydrogens is 198 g/mol. The van der Waals surface area contributed by atoms with Gasteiger partial charge in [-0.2, -0.15) is 0 Å². The maximum absolute atomic E-state index is 11.9. The second-order valence-corrected chi connectivity index (χ2v) is 5.30. The van der Waals surface area contributed by atoms with Crippen molar-refractivity contribution in [3.05, 3.63) is 29.8 Å². The summed E-state index contributed by atoms with van der Waals surface area (Å²) in [4.78, 5) is 13.8. The number of fused-ring (bicyclic) bond motifs is 1. The van der Waals surface area contributed by atoms with Crippen molar-refractivity contribution < 1.29 is 4.79 Å². The molecule has 1 aliphatic heterocycles. The molecule has 1 amide bonds. The first kappa shape index (κ1) is 9.88. The lowest BCUT2D eigenvalue weighted by atomic mass is 10.0. The van der Waals surface area contributed by atoms with Crippen molar-refractivity contribution in [2.75, 3.05) is 11.4 Å². The van der Waals surface area contributed by atoms with Crippen LogP contribution in [0.3, 0.4) is 0 Å². The molecule has 2 atom stereocenters. The zero-order valence-corrected chi connectivity index (χ0v) is 9.81. The molecule has 1 aliphatic carbocycles. The van der Waals surface area contributed by atoms with Crippen molar-refractivity contribution in [3.63, 3.8) is 0 Å². The maximum atomic E-state index is 11.9. The SMILES string of the molecule is CC(C)c1ccc(N2CC3CC3C2=O)cc1. The van der Waals surface area contributed by atoms with E-state index in [0.29, 0.717) is 23.7 Å². The van der Waals surface area contributed by atoms with E-state index >= 15 is 0 Å². The molecule has 0 N–H and O–H groups in total. The Morgan fingerprint density at radius 2 is 1.94 bits per heavy atom. The summed E-state index contributed by atoms with van der Waals surface area (Å²) in [6, 6.07) is 8.43. The van der Waals surface area contributed by atoms with Crippen LogP contribution in [0.25, 0.3) is 0 Å². The highest BCUT2D eigenvalue weighted by atomic mass is 16.2. The Morgan fingerprint density at radius 3 is 2.44 bits per heavy atom. The predicted octanol–water partition coefficient (Wildman–Crippen LogP) is 2.79. The van der Waals surface area contributed by atoms with Crippen LogP contribution in [0.5, 0.6) is 0 Å². The number of piperidine rings is 1. The van der Waals surface area contributed by atoms with Gasteiger partial charge >= 0.3 is 0 Å². The lowest BCUT2D eigenvalue weighted by Crippen LogP contribution is -2.27. The van der Waals surface area contributed by atoms with E-state index < -0.39 is 0 Å². The first-order valence-corrected chi connectivity index (χ1v) is 6.08. The summed E-state index contributed by atoms with van der Waals surface area (Å²) in [5, 5.41) is 0. The highest BCUT2D eigenvalue weighted by Gasteiger charge is 2.52. The molecule has 1 aromatic carbocycles. The van der Waals surface area contributed by atoms with Gasteiger partial charge in [-0.05, 0) is 36.0 Å². The fourth-order valence-corrected chi connectivity index (χ4v) is 2.55. The molecule has 1 aromatic rings. The van der Waals surface area contributed by atoms with Crippen LogP contribution in [0.1, 0.15) is 31.7 Å². The average molecular weight is 215 g/mol. The van der Waals surface area contributed by atoms with Crippen LogP contribution in [0.2, 0.25) is 0 Å². The summed E-state index contributed by atoms with van der Waals surface area (Å²) in [5.41, 5.74) is 2.40. The Hall–Kier alpha value is -1.31. The molecule has 1 saturated carbocycles. The van der Waals surface area contributed by atoms with Crippen molar-refractivity contribution in [3.8, 4) is 0 Å². The van der Waals surface area contributed by atoms with Gasteiger partial charge in [0.1, 0.15) is 0 Å². The van der Waals surface area contributed by atoms with Crippen LogP contribution in [-0.4, -0.2) is 12.5 Å². The van der Waals surface area contributed by atoms with Crippen molar-refractivity contribution in [2.24, 2.45) is 11.8 Å². The van der Waals surface area contributed by atoms with E-state index in [0.717, 1.165) is 18.7 Å². The Balaban J connectivity index is 1.82. The van der Waals surface area contributed by atoms with E-state index in [1.54, 1.807) is 0 Å². The largest absolute Gasteiger partial charge is 0.312 e. The first-order valence-electron chi connectivity index (χ1n) is 6.08. The van der Waals surface area contributed by atoms with Crippen LogP contribution in [0, 0.1) is 11.8 Å². The topological polar surface area (TPSA) is 20.3 Å². The Kier molecular flexibility index (Phi) is 2.06. The molecule has 3 rings (SSSR count). The van der Waals surface area contributed by atoms with E-state index in [9.17, 15) is 4.79 Å². The summed E-state index contributed by atoms with van der Waals surface area (Å²) >= 11 is 0. The fourth-order valence-electron chi connectivity index (χ4n) is 2.55. The molecule has 1 heterocycles. The second kappa shape index (κ2) is 3.34. The monoisotopic (exact) mass is 215 g/mol. The van der Waals surface area contributed by atoms with E-state index in [1.165, 1.54) is 5.56 Å². The van der Waals surface area contributed by atoms with E-state index in [-0.39, 0.29) is 0 Å². The molecule has 2 heteroatoms. The Bertz CT molecular complexity index is 421. The number of anilines is 1. The summed E-state index contributed by atoms with van der Waals surface area (Å²) in [6.45, 7) is 5.31. The van der Waals surface area contributed by atoms with Crippen LogP contribution in [0.4, 0.5) is 5.69 Å². The van der Waals surface area contributed by atoms with E-state index in [2.05, 4.69) is 38.1 Å². The normalized spacial score (nSPS) is 27.4. The number of hydrogen-bond acceptors (Lipinski definition) is 1. The third-order valence-corrected chi connectivity index (χ3v) is 3.79. The minimum atomic E-state index is 0.335. The second-order valence-electron chi connectivity index (χ2n) is 5.30. The summed E-state index contributed by atoms with van der Waals surface area (Å²) in [5.74, 6) is 1.89. The molecule has 1 saturated heterocycles. The molecule has 2 aliphatic rings. The van der Waals surface area contributed by atoms with Crippen molar-refractivity contribution in [1.82, 2.24) is 0 Å². The standard InChI is InChI=1S/C14H17NO/c1-9(2)10-3-5-12(6-4-10)15-8-11-7-13(11)14(15)16/h3-6,9,11,13H,7-8H2,1-2H3. The summed E-state index contributed by atoms with van der Waals surface area (Å²) in [7, 11) is 0. The van der Waals surface area contributed by atoms with Crippen LogP contribution >= 0.6 is 0 Å². The molecule has 0 aromatic heterocycles. The zero-order valence-electron chi connectivity index (χ0n) is 9.81. The number of hydrogen-bond donors (Lipinski definition) is 0. The number of carbonyl (C=O) groups is 1. The average Bonchev–Trinajstić information content (AvgIpc) is 2.98. The lowest BCUT2D eigenvalue weighted by Gasteiger charge is -2.19. The minimum absolute atomic E-state index is 0.335. The molecular formula is C14H17NO. The van der Waals surface area contributed by atoms with Gasteiger partial charge in [0, 0.05) is 18.2 Å². The smallest absolute Gasteiger partial charge is 0.230 e. The van der Waals surface area contributed by atoms with Crippen molar-refractivity contribution in [2.45, 2.75) is 26.2 Å². The fraction of sp³-hybridized carbons (Fsp3) is 0.500. The Morgan fingerprint density at radius 1 is 1.25 bits per heavy atom. The molecule has 2 unspecified atom stereocenters. The number of carbonyl (C=O) groups excluding carboxylic acids is 1. The van der Waals surface area contributed by atoms with Gasteiger partial charge in [0.05, 0.1) is 0 Å². The highest BCUT2D eigenvalue weighted by molar-refractivity contribution is 5.99. The van der Waals surface area contributed by atoms with Gasteiger partial charge in [-0.1, -0.05) is 26.0 Å². The number of rotatable bonds is 2. The van der Waals surface area contributed by atoms with Crippen LogP contribution in [-0.2, 0) is 4.79 Å². The number of nitrogens with zero attached hydrogens (tertiary/aromatic N) is 1. The third kappa shape index (κ3) is 1.44. The quantitative estimate of drug-likeness (QED) is 0.743. The van der Waals surface area contributed by atoms with Gasteiger partial charge in [-0.25, -0.2) is 0 Å². The molecule has 0 bridgehead atoms. The summed E-state index contributed by atoms with van der Waals surface area (Å²) < 4.78 is 0. The zero-order chi connectivity index (χ0) is 11.3. The van der Waals surface area contributed by atoms with Gasteiger partial charge in [-0.15, -0.1) is 0 Å². The molecule has 2 nitrogen and oxygen atoms in total. The molecule has 16 heavy (non-hydrogen) atoms. The Labute approximate surface area is 96.3 Å². The number of benzene rings is 1. The van der Waals surface area contributed by atoms with Gasteiger partial charge in [0.15, 0.2) is 0 Å². The minimum Gasteiger partial charge on any atom is -0.312 e. The van der Waals surface area contributed by atoms with Crippen LogP contribution in [0.15, 0.2) is 24.3 Å². The third-order valence-electron chi connectivity index (χ3n) is 3.79. The van der Waals surface area contributed by atoms with E-state index in [1.807, 2.05) is 4.90 Å². The van der Waals surface area contributed by atoms with Gasteiger partial charge < -0.3 is 4.90 Å². The highest BCUT2D eigenvalue weighted by Crippen LogP contribution is 2.47. The first-order chi connectivity index (χ1) is 7.66. The molecule has 2 fully saturated rings. The molecule has 84 valence electrons. The molecule has 0 radical (unpaired) electrons. The van der Waals surface area contributed by atoms with Crippen molar-refractivity contribution >= 4 is 11.6 Å².